The van der Waals surface area contributed by atoms with Crippen molar-refractivity contribution in [3.8, 4) is 0 Å². The minimum atomic E-state index is -3.43. The van der Waals surface area contributed by atoms with E-state index in [1.165, 1.54) is 11.0 Å². The average molecular weight is 219 g/mol. The van der Waals surface area contributed by atoms with Crippen LogP contribution in [-0.2, 0) is 5.92 Å². The highest BCUT2D eigenvalue weighted by molar-refractivity contribution is 5.54. The SMILES string of the molecule is CN(C)c1ccc(F)cc1C(F)(F)CO. The fourth-order valence-electron chi connectivity index (χ4n) is 1.28. The monoisotopic (exact) mass is 219 g/mol. The minimum Gasteiger partial charge on any atom is -0.390 e. The van der Waals surface area contributed by atoms with Gasteiger partial charge in [-0.25, -0.2) is 4.39 Å². The van der Waals surface area contributed by atoms with Gasteiger partial charge in [-0.1, -0.05) is 0 Å². The first-order chi connectivity index (χ1) is 6.88. The van der Waals surface area contributed by atoms with Crippen molar-refractivity contribution < 1.29 is 18.3 Å². The molecule has 1 aromatic carbocycles. The molecule has 0 aromatic heterocycles. The molecule has 0 saturated heterocycles. The fourth-order valence-corrected chi connectivity index (χ4v) is 1.28. The van der Waals surface area contributed by atoms with Gasteiger partial charge in [0.05, 0.1) is 0 Å². The van der Waals surface area contributed by atoms with Gasteiger partial charge < -0.3 is 10.0 Å². The van der Waals surface area contributed by atoms with E-state index in [1.54, 1.807) is 14.1 Å². The van der Waals surface area contributed by atoms with Crippen LogP contribution in [0.15, 0.2) is 18.2 Å². The molecule has 5 heteroatoms. The van der Waals surface area contributed by atoms with Crippen LogP contribution in [0.5, 0.6) is 0 Å². The maximum absolute atomic E-state index is 13.2. The summed E-state index contributed by atoms with van der Waals surface area (Å²) in [6, 6.07) is 3.10. The first-order valence-corrected chi connectivity index (χ1v) is 4.34. The maximum atomic E-state index is 13.2. The van der Waals surface area contributed by atoms with Crippen molar-refractivity contribution in [2.24, 2.45) is 0 Å². The lowest BCUT2D eigenvalue weighted by Gasteiger charge is -2.22. The molecular weight excluding hydrogens is 207 g/mol. The summed E-state index contributed by atoms with van der Waals surface area (Å²) in [5.41, 5.74) is -0.314. The van der Waals surface area contributed by atoms with Crippen molar-refractivity contribution in [2.75, 3.05) is 25.6 Å². The summed E-state index contributed by atoms with van der Waals surface area (Å²) in [6.45, 7) is -1.34. The molecule has 0 radical (unpaired) electrons. The lowest BCUT2D eigenvalue weighted by Crippen LogP contribution is -2.23. The summed E-state index contributed by atoms with van der Waals surface area (Å²) >= 11 is 0. The van der Waals surface area contributed by atoms with Gasteiger partial charge in [0.1, 0.15) is 12.4 Å². The van der Waals surface area contributed by atoms with Gasteiger partial charge in [-0.2, -0.15) is 8.78 Å². The number of hydrogen-bond donors (Lipinski definition) is 1. The number of rotatable bonds is 3. The number of aliphatic hydroxyl groups excluding tert-OH is 1. The quantitative estimate of drug-likeness (QED) is 0.840. The van der Waals surface area contributed by atoms with Crippen LogP contribution in [0.3, 0.4) is 0 Å². The number of halogens is 3. The van der Waals surface area contributed by atoms with E-state index in [0.717, 1.165) is 12.1 Å². The van der Waals surface area contributed by atoms with Crippen molar-refractivity contribution in [3.63, 3.8) is 0 Å². The van der Waals surface area contributed by atoms with Crippen molar-refractivity contribution in [3.05, 3.63) is 29.6 Å². The summed E-state index contributed by atoms with van der Waals surface area (Å²) in [5, 5.41) is 8.55. The van der Waals surface area contributed by atoms with Gasteiger partial charge in [-0.05, 0) is 18.2 Å². The summed E-state index contributed by atoms with van der Waals surface area (Å²) in [4.78, 5) is 1.44. The highest BCUT2D eigenvalue weighted by Gasteiger charge is 2.34. The van der Waals surface area contributed by atoms with E-state index in [1.807, 2.05) is 0 Å². The largest absolute Gasteiger partial charge is 0.390 e. The first kappa shape index (κ1) is 11.8. The molecule has 0 bridgehead atoms. The highest BCUT2D eigenvalue weighted by Crippen LogP contribution is 2.34. The molecule has 15 heavy (non-hydrogen) atoms. The Morgan fingerprint density at radius 2 is 1.93 bits per heavy atom. The molecule has 2 nitrogen and oxygen atoms in total. The third-order valence-electron chi connectivity index (χ3n) is 2.03. The Morgan fingerprint density at radius 3 is 2.40 bits per heavy atom. The predicted molar refractivity (Wildman–Crippen MR) is 51.7 cm³/mol. The van der Waals surface area contributed by atoms with Crippen LogP contribution in [0.1, 0.15) is 5.56 Å². The molecule has 1 aromatic rings. The summed E-state index contributed by atoms with van der Waals surface area (Å²) < 4.78 is 39.3. The molecule has 0 saturated carbocycles. The van der Waals surface area contributed by atoms with Crippen molar-refractivity contribution >= 4 is 5.69 Å². The molecule has 1 N–H and O–H groups in total. The van der Waals surface area contributed by atoms with Gasteiger partial charge >= 0.3 is 0 Å². The Morgan fingerprint density at radius 1 is 1.33 bits per heavy atom. The fraction of sp³-hybridized carbons (Fsp3) is 0.400. The molecular formula is C10H12F3NO. The van der Waals surface area contributed by atoms with E-state index in [9.17, 15) is 13.2 Å². The van der Waals surface area contributed by atoms with Crippen LogP contribution in [0.25, 0.3) is 0 Å². The van der Waals surface area contributed by atoms with Gasteiger partial charge in [0.15, 0.2) is 0 Å². The number of benzene rings is 1. The van der Waals surface area contributed by atoms with Crippen molar-refractivity contribution in [1.82, 2.24) is 0 Å². The molecule has 0 aliphatic heterocycles. The van der Waals surface area contributed by atoms with Crippen molar-refractivity contribution in [1.29, 1.82) is 0 Å². The van der Waals surface area contributed by atoms with E-state index in [-0.39, 0.29) is 5.69 Å². The Bertz CT molecular complexity index is 353. The molecule has 1 rings (SSSR count). The molecule has 84 valence electrons. The second kappa shape index (κ2) is 4.10. The molecule has 0 unspecified atom stereocenters. The minimum absolute atomic E-state index is 0.190. The zero-order chi connectivity index (χ0) is 11.6. The van der Waals surface area contributed by atoms with E-state index in [2.05, 4.69) is 0 Å². The Balaban J connectivity index is 3.30. The molecule has 0 amide bonds. The van der Waals surface area contributed by atoms with E-state index < -0.39 is 23.9 Å². The number of alkyl halides is 2. The number of aliphatic hydroxyl groups is 1. The van der Waals surface area contributed by atoms with E-state index in [4.69, 9.17) is 5.11 Å². The van der Waals surface area contributed by atoms with Gasteiger partial charge in [-0.15, -0.1) is 0 Å². The topological polar surface area (TPSA) is 23.5 Å². The van der Waals surface area contributed by atoms with Crippen LogP contribution in [0.2, 0.25) is 0 Å². The van der Waals surface area contributed by atoms with Crippen LogP contribution >= 0.6 is 0 Å². The molecule has 0 atom stereocenters. The van der Waals surface area contributed by atoms with E-state index >= 15 is 0 Å². The van der Waals surface area contributed by atoms with Crippen molar-refractivity contribution in [2.45, 2.75) is 5.92 Å². The third kappa shape index (κ3) is 2.41. The molecule has 0 heterocycles. The zero-order valence-electron chi connectivity index (χ0n) is 8.47. The first-order valence-electron chi connectivity index (χ1n) is 4.34. The zero-order valence-corrected chi connectivity index (χ0v) is 8.47. The highest BCUT2D eigenvalue weighted by atomic mass is 19.3. The van der Waals surface area contributed by atoms with Crippen LogP contribution in [-0.4, -0.2) is 25.8 Å². The van der Waals surface area contributed by atoms with E-state index in [0.29, 0.717) is 0 Å². The smallest absolute Gasteiger partial charge is 0.297 e. The van der Waals surface area contributed by atoms with Gasteiger partial charge in [0.25, 0.3) is 5.92 Å². The Kier molecular flexibility index (Phi) is 3.24. The number of nitrogens with zero attached hydrogens (tertiary/aromatic N) is 1. The number of hydrogen-bond acceptors (Lipinski definition) is 2. The Hall–Kier alpha value is -1.23. The summed E-state index contributed by atoms with van der Waals surface area (Å²) in [5.74, 6) is -4.18. The third-order valence-corrected chi connectivity index (χ3v) is 2.03. The summed E-state index contributed by atoms with van der Waals surface area (Å²) in [6.07, 6.45) is 0. The van der Waals surface area contributed by atoms with Gasteiger partial charge in [-0.3, -0.25) is 0 Å². The summed E-state index contributed by atoms with van der Waals surface area (Å²) in [7, 11) is 3.15. The maximum Gasteiger partial charge on any atom is 0.297 e. The molecule has 0 aliphatic carbocycles. The Labute approximate surface area is 85.9 Å². The van der Waals surface area contributed by atoms with Crippen LogP contribution < -0.4 is 4.90 Å². The molecule has 0 aliphatic rings. The second-order valence-corrected chi connectivity index (χ2v) is 3.42. The van der Waals surface area contributed by atoms with Gasteiger partial charge in [0, 0.05) is 25.3 Å². The molecule has 0 spiro atoms. The lowest BCUT2D eigenvalue weighted by atomic mass is 10.1. The molecule has 0 fully saturated rings. The van der Waals surface area contributed by atoms with Crippen LogP contribution in [0, 0.1) is 5.82 Å². The van der Waals surface area contributed by atoms with Crippen LogP contribution in [0.4, 0.5) is 18.9 Å². The lowest BCUT2D eigenvalue weighted by molar-refractivity contribution is -0.0553. The standard InChI is InChI=1S/C10H12F3NO/c1-14(2)9-4-3-7(11)5-8(9)10(12,13)6-15/h3-5,15H,6H2,1-2H3. The average Bonchev–Trinajstić information content (AvgIpc) is 2.17. The second-order valence-electron chi connectivity index (χ2n) is 3.42. The predicted octanol–water partition coefficient (Wildman–Crippen LogP) is 1.98. The normalized spacial score (nSPS) is 11.6. The van der Waals surface area contributed by atoms with Gasteiger partial charge in [0.2, 0.25) is 0 Å². The number of anilines is 1.